The zero-order valence-electron chi connectivity index (χ0n) is 32.8. The molecule has 58 heavy (non-hydrogen) atoms. The Hall–Kier alpha value is -5.92. The summed E-state index contributed by atoms with van der Waals surface area (Å²) < 4.78 is 80.0. The van der Waals surface area contributed by atoms with Gasteiger partial charge in [-0.15, -0.1) is 13.2 Å². The maximum atomic E-state index is 13.9. The van der Waals surface area contributed by atoms with Gasteiger partial charge in [0.2, 0.25) is 5.75 Å². The highest BCUT2D eigenvalue weighted by atomic mass is 19.4. The third-order valence-corrected chi connectivity index (χ3v) is 11.2. The monoisotopic (exact) mass is 796 g/mol. The molecule has 0 saturated carbocycles. The molecule has 0 aliphatic carbocycles. The van der Waals surface area contributed by atoms with Crippen LogP contribution in [0.4, 0.5) is 13.2 Å². The van der Waals surface area contributed by atoms with E-state index in [-0.39, 0.29) is 34.9 Å². The van der Waals surface area contributed by atoms with Gasteiger partial charge in [0.05, 0.1) is 26.9 Å². The first-order valence-electron chi connectivity index (χ1n) is 19.0. The number of methoxy groups -OCH3 is 3. The van der Waals surface area contributed by atoms with E-state index in [0.29, 0.717) is 54.6 Å². The largest absolute Gasteiger partial charge is 0.573 e. The predicted molar refractivity (Wildman–Crippen MR) is 209 cm³/mol. The number of alkyl halides is 3. The number of likely N-dealkylation sites (N-methyl/N-ethyl adjacent to an activating group) is 2. The molecular formula is C45H43F3N2O8. The molecule has 0 aromatic heterocycles. The topological polar surface area (TPSA) is 88.2 Å². The normalized spacial score (nSPS) is 17.8. The van der Waals surface area contributed by atoms with Crippen molar-refractivity contribution < 1.29 is 51.1 Å². The minimum absolute atomic E-state index is 0.000801. The number of rotatable bonds is 6. The summed E-state index contributed by atoms with van der Waals surface area (Å²) in [6, 6.07) is 24.1. The Kier molecular flexibility index (Phi) is 10.6. The third-order valence-electron chi connectivity index (χ3n) is 11.2. The number of nitrogens with zero attached hydrogens (tertiary/aromatic N) is 2. The molecule has 4 aliphatic heterocycles. The van der Waals surface area contributed by atoms with E-state index in [2.05, 4.69) is 33.7 Å². The quantitative estimate of drug-likeness (QED) is 0.122. The summed E-state index contributed by atoms with van der Waals surface area (Å²) in [6.45, 7) is 1.56. The van der Waals surface area contributed by atoms with E-state index < -0.39 is 18.1 Å². The fraction of sp³-hybridized carbons (Fsp3) is 0.311. The van der Waals surface area contributed by atoms with E-state index in [1.165, 1.54) is 19.2 Å². The van der Waals surface area contributed by atoms with Crippen molar-refractivity contribution >= 4 is 5.97 Å². The molecule has 10 nitrogen and oxygen atoms in total. The van der Waals surface area contributed by atoms with Crippen molar-refractivity contribution in [2.24, 2.45) is 0 Å². The first-order valence-corrected chi connectivity index (χ1v) is 19.0. The van der Waals surface area contributed by atoms with Gasteiger partial charge in [-0.2, -0.15) is 0 Å². The number of fused-ring (bicyclic) bond motifs is 2. The van der Waals surface area contributed by atoms with Crippen LogP contribution in [0.15, 0.2) is 84.9 Å². The summed E-state index contributed by atoms with van der Waals surface area (Å²) in [5.74, 6) is 1.99. The first-order chi connectivity index (χ1) is 27.9. The summed E-state index contributed by atoms with van der Waals surface area (Å²) in [5.41, 5.74) is 6.02. The molecule has 5 aromatic rings. The summed E-state index contributed by atoms with van der Waals surface area (Å²) in [7, 11) is 8.82. The Morgan fingerprint density at radius 1 is 0.690 bits per heavy atom. The Morgan fingerprint density at radius 2 is 1.31 bits per heavy atom. The lowest BCUT2D eigenvalue weighted by Gasteiger charge is -2.37. The van der Waals surface area contributed by atoms with E-state index in [9.17, 15) is 18.0 Å². The second kappa shape index (κ2) is 15.8. The summed E-state index contributed by atoms with van der Waals surface area (Å²) in [5, 5.41) is 0. The molecule has 0 amide bonds. The minimum Gasteiger partial charge on any atom is -0.493 e. The van der Waals surface area contributed by atoms with Crippen molar-refractivity contribution in [1.82, 2.24) is 9.80 Å². The van der Waals surface area contributed by atoms with Crippen molar-refractivity contribution in [3.8, 4) is 51.7 Å². The number of ether oxygens (including phenoxy) is 7. The SMILES string of the molecule is COc1ccc2cc1Oc1ccc(cc1)CC1c3cc(c(OC)cc3CCN1C)Oc1c(OC(=O)c3ccc(OC(F)(F)F)cc3)c(OC)cc3c1C(C2)N(C)CC3. The summed E-state index contributed by atoms with van der Waals surface area (Å²) in [4.78, 5) is 18.5. The zero-order chi connectivity index (χ0) is 40.7. The number of halogens is 3. The molecule has 5 aromatic carbocycles. The molecule has 0 N–H and O–H groups in total. The van der Waals surface area contributed by atoms with Gasteiger partial charge in [0, 0.05) is 30.7 Å². The van der Waals surface area contributed by atoms with Crippen LogP contribution in [0.3, 0.4) is 0 Å². The van der Waals surface area contributed by atoms with E-state index in [1.807, 2.05) is 55.6 Å². The van der Waals surface area contributed by atoms with Crippen molar-refractivity contribution in [3.05, 3.63) is 124 Å². The lowest BCUT2D eigenvalue weighted by atomic mass is 9.87. The van der Waals surface area contributed by atoms with Crippen molar-refractivity contribution in [3.63, 3.8) is 0 Å². The first kappa shape index (κ1) is 38.9. The molecule has 4 heterocycles. The molecule has 4 aliphatic rings. The zero-order valence-corrected chi connectivity index (χ0v) is 32.8. The van der Waals surface area contributed by atoms with E-state index in [0.717, 1.165) is 58.5 Å². The predicted octanol–water partition coefficient (Wildman–Crippen LogP) is 9.27. The lowest BCUT2D eigenvalue weighted by molar-refractivity contribution is -0.274. The van der Waals surface area contributed by atoms with Crippen LogP contribution in [0, 0.1) is 0 Å². The lowest BCUT2D eigenvalue weighted by Crippen LogP contribution is -2.34. The highest BCUT2D eigenvalue weighted by Crippen LogP contribution is 2.52. The van der Waals surface area contributed by atoms with Crippen molar-refractivity contribution in [2.75, 3.05) is 48.5 Å². The van der Waals surface area contributed by atoms with Crippen molar-refractivity contribution in [2.45, 2.75) is 44.1 Å². The Bertz CT molecular complexity index is 2330. The van der Waals surface area contributed by atoms with Gasteiger partial charge in [0.25, 0.3) is 0 Å². The second-order valence-corrected chi connectivity index (χ2v) is 14.7. The fourth-order valence-corrected chi connectivity index (χ4v) is 8.12. The number of hydrogen-bond acceptors (Lipinski definition) is 10. The summed E-state index contributed by atoms with van der Waals surface area (Å²) in [6.07, 6.45) is -2.21. The molecule has 9 rings (SSSR count). The Morgan fingerprint density at radius 3 is 2.00 bits per heavy atom. The van der Waals surface area contributed by atoms with Crippen LogP contribution >= 0.6 is 0 Å². The molecule has 0 spiro atoms. The number of hydrogen-bond donors (Lipinski definition) is 0. The molecule has 13 heteroatoms. The standard InChI is InChI=1S/C45H43F3N2O8/c1-49-18-16-29-23-37(53-4)39-25-33(29)34(49)20-26-6-11-31(12-7-26)55-38-22-27(8-15-36(38)52-3)21-35-41-30(17-19-50(35)2)24-40(54-5)42(43(41)56-39)57-44(51)28-9-13-32(14-10-28)58-45(46,47)48/h6-15,22-25,34-35H,16-21H2,1-5H3. The average molecular weight is 797 g/mol. The number of carbonyl (C=O) groups is 1. The van der Waals surface area contributed by atoms with Gasteiger partial charge in [-0.05, 0) is 134 Å². The smallest absolute Gasteiger partial charge is 0.493 e. The Balaban J connectivity index is 1.32. The van der Waals surface area contributed by atoms with E-state index >= 15 is 0 Å². The summed E-state index contributed by atoms with van der Waals surface area (Å²) >= 11 is 0. The van der Waals surface area contributed by atoms with Gasteiger partial charge in [-0.1, -0.05) is 18.2 Å². The van der Waals surface area contributed by atoms with Crippen LogP contribution in [0.2, 0.25) is 0 Å². The number of carbonyl (C=O) groups excluding carboxylic acids is 1. The van der Waals surface area contributed by atoms with E-state index in [1.54, 1.807) is 14.2 Å². The highest BCUT2D eigenvalue weighted by Gasteiger charge is 2.36. The van der Waals surface area contributed by atoms with Crippen LogP contribution in [0.5, 0.6) is 51.7 Å². The molecule has 2 atom stereocenters. The van der Waals surface area contributed by atoms with Gasteiger partial charge in [0.15, 0.2) is 34.5 Å². The van der Waals surface area contributed by atoms with Gasteiger partial charge in [-0.25, -0.2) is 4.79 Å². The molecule has 6 bridgehead atoms. The molecule has 0 radical (unpaired) electrons. The minimum atomic E-state index is -4.89. The second-order valence-electron chi connectivity index (χ2n) is 14.7. The molecule has 302 valence electrons. The van der Waals surface area contributed by atoms with Gasteiger partial charge >= 0.3 is 12.3 Å². The fourth-order valence-electron chi connectivity index (χ4n) is 8.12. The van der Waals surface area contributed by atoms with Crippen LogP contribution in [0.25, 0.3) is 0 Å². The maximum Gasteiger partial charge on any atom is 0.573 e. The van der Waals surface area contributed by atoms with Gasteiger partial charge in [-0.3, -0.25) is 9.80 Å². The van der Waals surface area contributed by atoms with Crippen LogP contribution in [-0.4, -0.2) is 70.6 Å². The molecule has 0 fully saturated rings. The third kappa shape index (κ3) is 7.84. The average Bonchev–Trinajstić information content (AvgIpc) is 3.20. The number of benzene rings is 5. The van der Waals surface area contributed by atoms with Gasteiger partial charge < -0.3 is 33.2 Å². The number of esters is 1. The highest BCUT2D eigenvalue weighted by molar-refractivity contribution is 5.92. The van der Waals surface area contributed by atoms with Crippen LogP contribution in [0.1, 0.15) is 55.8 Å². The molecular weight excluding hydrogens is 753 g/mol. The van der Waals surface area contributed by atoms with E-state index in [4.69, 9.17) is 28.4 Å². The van der Waals surface area contributed by atoms with Crippen molar-refractivity contribution in [1.29, 1.82) is 0 Å². The van der Waals surface area contributed by atoms with Crippen LogP contribution in [-0.2, 0) is 25.7 Å². The molecule has 2 unspecified atom stereocenters. The van der Waals surface area contributed by atoms with Gasteiger partial charge in [0.1, 0.15) is 11.5 Å². The Labute approximate surface area is 334 Å². The molecule has 0 saturated heterocycles. The van der Waals surface area contributed by atoms with Crippen LogP contribution < -0.4 is 33.2 Å². The maximum absolute atomic E-state index is 13.9.